The Kier molecular flexibility index (Phi) is 1.53. The molecule has 2 aromatic heterocycles. The van der Waals surface area contributed by atoms with Gasteiger partial charge in [0.15, 0.2) is 11.3 Å². The van der Waals surface area contributed by atoms with Crippen molar-refractivity contribution in [2.24, 2.45) is 0 Å². The maximum Gasteiger partial charge on any atom is 0.197 e. The molecule has 2 aromatic rings. The van der Waals surface area contributed by atoms with E-state index in [1.165, 1.54) is 0 Å². The second kappa shape index (κ2) is 2.55. The van der Waals surface area contributed by atoms with Crippen LogP contribution in [-0.4, -0.2) is 19.5 Å². The molecule has 2 heterocycles. The van der Waals surface area contributed by atoms with Gasteiger partial charge < -0.3 is 4.57 Å². The molecule has 0 saturated carbocycles. The Morgan fingerprint density at radius 1 is 1.17 bits per heavy atom. The van der Waals surface area contributed by atoms with Crippen LogP contribution in [0.2, 0.25) is 0 Å². The Bertz CT molecular complexity index is 391. The van der Waals surface area contributed by atoms with E-state index in [1.54, 1.807) is 18.7 Å². The number of hydrogen-bond donors (Lipinski definition) is 0. The van der Waals surface area contributed by atoms with Crippen molar-refractivity contribution in [1.82, 2.24) is 19.5 Å². The molecule has 0 aromatic carbocycles. The van der Waals surface area contributed by atoms with Gasteiger partial charge in [-0.3, -0.25) is 0 Å². The van der Waals surface area contributed by atoms with Gasteiger partial charge in [0.1, 0.15) is 0 Å². The van der Waals surface area contributed by atoms with Crippen molar-refractivity contribution in [2.45, 2.75) is 19.9 Å². The van der Waals surface area contributed by atoms with Crippen LogP contribution in [0.15, 0.2) is 18.7 Å². The molecule has 0 radical (unpaired) electrons. The highest BCUT2D eigenvalue weighted by atomic mass is 15.1. The van der Waals surface area contributed by atoms with Crippen LogP contribution >= 0.6 is 0 Å². The van der Waals surface area contributed by atoms with Crippen molar-refractivity contribution < 1.29 is 0 Å². The minimum atomic E-state index is 0.381. The molecule has 0 bridgehead atoms. The molecular formula is C8H10N4. The van der Waals surface area contributed by atoms with Gasteiger partial charge in [0.25, 0.3) is 0 Å². The van der Waals surface area contributed by atoms with Crippen LogP contribution in [0.1, 0.15) is 19.9 Å². The van der Waals surface area contributed by atoms with Gasteiger partial charge in [-0.2, -0.15) is 0 Å². The maximum atomic E-state index is 4.20. The summed E-state index contributed by atoms with van der Waals surface area (Å²) in [6.45, 7) is 4.19. The van der Waals surface area contributed by atoms with Gasteiger partial charge >= 0.3 is 0 Å². The maximum absolute atomic E-state index is 4.20. The monoisotopic (exact) mass is 162 g/mol. The van der Waals surface area contributed by atoms with E-state index in [-0.39, 0.29) is 0 Å². The third-order valence-electron chi connectivity index (χ3n) is 1.77. The van der Waals surface area contributed by atoms with Gasteiger partial charge in [-0.25, -0.2) is 15.0 Å². The Balaban J connectivity index is 2.70. The lowest BCUT2D eigenvalue weighted by molar-refractivity contribution is 0.613. The minimum Gasteiger partial charge on any atom is -0.311 e. The fraction of sp³-hybridized carbons (Fsp3) is 0.375. The van der Waals surface area contributed by atoms with Crippen molar-refractivity contribution in [2.75, 3.05) is 0 Å². The third-order valence-corrected chi connectivity index (χ3v) is 1.77. The van der Waals surface area contributed by atoms with E-state index in [4.69, 9.17) is 0 Å². The molecule has 4 heteroatoms. The average Bonchev–Trinajstić information content (AvgIpc) is 2.47. The Hall–Kier alpha value is -1.45. The molecule has 0 saturated heterocycles. The topological polar surface area (TPSA) is 43.6 Å². The second-order valence-corrected chi connectivity index (χ2v) is 2.95. The second-order valence-electron chi connectivity index (χ2n) is 2.95. The van der Waals surface area contributed by atoms with Crippen LogP contribution < -0.4 is 0 Å². The summed E-state index contributed by atoms with van der Waals surface area (Å²) in [6, 6.07) is 0.381. The summed E-state index contributed by atoms with van der Waals surface area (Å²) in [5.41, 5.74) is 1.57. The molecule has 12 heavy (non-hydrogen) atoms. The predicted octanol–water partition coefficient (Wildman–Crippen LogP) is 1.41. The average molecular weight is 162 g/mol. The quantitative estimate of drug-likeness (QED) is 0.636. The van der Waals surface area contributed by atoms with Crippen molar-refractivity contribution >= 4 is 11.3 Å². The highest BCUT2D eigenvalue weighted by Crippen LogP contribution is 2.11. The zero-order valence-corrected chi connectivity index (χ0v) is 7.10. The lowest BCUT2D eigenvalue weighted by Gasteiger charge is -2.05. The van der Waals surface area contributed by atoms with Crippen molar-refractivity contribution in [1.29, 1.82) is 0 Å². The van der Waals surface area contributed by atoms with Crippen LogP contribution in [-0.2, 0) is 0 Å². The van der Waals surface area contributed by atoms with Gasteiger partial charge in [0.2, 0.25) is 0 Å². The van der Waals surface area contributed by atoms with E-state index in [1.807, 2.05) is 4.57 Å². The summed E-state index contributed by atoms with van der Waals surface area (Å²) in [5.74, 6) is 0. The smallest absolute Gasteiger partial charge is 0.197 e. The lowest BCUT2D eigenvalue weighted by atomic mass is 10.4. The molecule has 0 aliphatic rings. The zero-order valence-electron chi connectivity index (χ0n) is 7.10. The van der Waals surface area contributed by atoms with Gasteiger partial charge in [-0.1, -0.05) is 0 Å². The summed E-state index contributed by atoms with van der Waals surface area (Å²) in [6.07, 6.45) is 5.11. The fourth-order valence-corrected chi connectivity index (χ4v) is 1.15. The number of rotatable bonds is 1. The first-order valence-electron chi connectivity index (χ1n) is 3.92. The molecule has 0 aliphatic heterocycles. The molecule has 0 fully saturated rings. The molecule has 0 amide bonds. The molecule has 0 aliphatic carbocycles. The summed E-state index contributed by atoms with van der Waals surface area (Å²) >= 11 is 0. The number of imidazole rings is 1. The number of aromatic nitrogens is 4. The number of fused-ring (bicyclic) bond motifs is 1. The summed E-state index contributed by atoms with van der Waals surface area (Å²) < 4.78 is 2.00. The first-order chi connectivity index (χ1) is 5.79. The molecule has 0 N–H and O–H groups in total. The van der Waals surface area contributed by atoms with Crippen molar-refractivity contribution in [3.63, 3.8) is 0 Å². The van der Waals surface area contributed by atoms with E-state index in [2.05, 4.69) is 28.8 Å². The largest absolute Gasteiger partial charge is 0.311 e. The fourth-order valence-electron chi connectivity index (χ4n) is 1.15. The summed E-state index contributed by atoms with van der Waals surface area (Å²) in [4.78, 5) is 12.4. The van der Waals surface area contributed by atoms with Crippen LogP contribution in [0.25, 0.3) is 11.3 Å². The highest BCUT2D eigenvalue weighted by molar-refractivity contribution is 5.64. The molecule has 4 nitrogen and oxygen atoms in total. The number of hydrogen-bond acceptors (Lipinski definition) is 3. The van der Waals surface area contributed by atoms with E-state index >= 15 is 0 Å². The van der Waals surface area contributed by atoms with Gasteiger partial charge in [0, 0.05) is 18.4 Å². The molecule has 0 unspecified atom stereocenters. The van der Waals surface area contributed by atoms with Gasteiger partial charge in [-0.05, 0) is 13.8 Å². The molecule has 0 atom stereocenters. The Morgan fingerprint density at radius 2 is 1.92 bits per heavy atom. The van der Waals surface area contributed by atoms with Gasteiger partial charge in [-0.15, -0.1) is 0 Å². The standard InChI is InChI=1S/C8H10N4/c1-6(2)12-5-11-7-8(12)10-4-3-9-7/h3-6H,1-2H3. The normalized spacial score (nSPS) is 11.2. The van der Waals surface area contributed by atoms with Crippen LogP contribution in [0, 0.1) is 0 Å². The first kappa shape index (κ1) is 7.21. The van der Waals surface area contributed by atoms with Crippen LogP contribution in [0.3, 0.4) is 0 Å². The van der Waals surface area contributed by atoms with Crippen LogP contribution in [0.5, 0.6) is 0 Å². The lowest BCUT2D eigenvalue weighted by Crippen LogP contribution is -1.99. The van der Waals surface area contributed by atoms with Gasteiger partial charge in [0.05, 0.1) is 6.33 Å². The summed E-state index contributed by atoms with van der Waals surface area (Å²) in [5, 5.41) is 0. The van der Waals surface area contributed by atoms with Crippen LogP contribution in [0.4, 0.5) is 0 Å². The Morgan fingerprint density at radius 3 is 2.67 bits per heavy atom. The highest BCUT2D eigenvalue weighted by Gasteiger charge is 2.05. The SMILES string of the molecule is CC(C)n1cnc2nccnc21. The van der Waals surface area contributed by atoms with E-state index in [0.717, 1.165) is 5.65 Å². The minimum absolute atomic E-state index is 0.381. The first-order valence-corrected chi connectivity index (χ1v) is 3.92. The van der Waals surface area contributed by atoms with E-state index in [0.29, 0.717) is 11.7 Å². The zero-order chi connectivity index (χ0) is 8.55. The predicted molar refractivity (Wildman–Crippen MR) is 45.7 cm³/mol. The van der Waals surface area contributed by atoms with Crippen molar-refractivity contribution in [3.05, 3.63) is 18.7 Å². The van der Waals surface area contributed by atoms with E-state index in [9.17, 15) is 0 Å². The molecular weight excluding hydrogens is 152 g/mol. The number of nitrogens with zero attached hydrogens (tertiary/aromatic N) is 4. The summed E-state index contributed by atoms with van der Waals surface area (Å²) in [7, 11) is 0. The third kappa shape index (κ3) is 0.958. The van der Waals surface area contributed by atoms with Crippen molar-refractivity contribution in [3.8, 4) is 0 Å². The van der Waals surface area contributed by atoms with E-state index < -0.39 is 0 Å². The Labute approximate surface area is 70.3 Å². The molecule has 2 rings (SSSR count). The molecule has 0 spiro atoms. The molecule has 62 valence electrons.